The van der Waals surface area contributed by atoms with Gasteiger partial charge in [-0.3, -0.25) is 0 Å². The molecule has 2 rings (SSSR count). The van der Waals surface area contributed by atoms with Gasteiger partial charge in [0.1, 0.15) is 5.75 Å². The van der Waals surface area contributed by atoms with Crippen LogP contribution in [0.4, 0.5) is 0 Å². The summed E-state index contributed by atoms with van der Waals surface area (Å²) in [4.78, 5) is 0. The van der Waals surface area contributed by atoms with Gasteiger partial charge in [-0.05, 0) is 78.3 Å². The molecule has 0 aliphatic carbocycles. The van der Waals surface area contributed by atoms with Crippen LogP contribution in [0.25, 0.3) is 0 Å². The SMILES string of the molecule is COc1cc(C)cc(CC2CCCNC2)c1Br. The van der Waals surface area contributed by atoms with E-state index in [1.807, 2.05) is 0 Å². The zero-order valence-corrected chi connectivity index (χ0v) is 12.1. The van der Waals surface area contributed by atoms with Crippen LogP contribution in [0.5, 0.6) is 5.75 Å². The van der Waals surface area contributed by atoms with E-state index in [4.69, 9.17) is 4.74 Å². The smallest absolute Gasteiger partial charge is 0.133 e. The molecule has 3 heteroatoms. The van der Waals surface area contributed by atoms with Crippen molar-refractivity contribution in [3.05, 3.63) is 27.7 Å². The van der Waals surface area contributed by atoms with Gasteiger partial charge in [-0.2, -0.15) is 0 Å². The average molecular weight is 298 g/mol. The van der Waals surface area contributed by atoms with E-state index >= 15 is 0 Å². The Hall–Kier alpha value is -0.540. The molecule has 1 saturated heterocycles. The lowest BCUT2D eigenvalue weighted by Gasteiger charge is -2.23. The highest BCUT2D eigenvalue weighted by molar-refractivity contribution is 9.10. The first kappa shape index (κ1) is 12.9. The van der Waals surface area contributed by atoms with Gasteiger partial charge in [-0.1, -0.05) is 6.07 Å². The maximum atomic E-state index is 5.39. The molecule has 0 spiro atoms. The zero-order valence-electron chi connectivity index (χ0n) is 10.6. The summed E-state index contributed by atoms with van der Waals surface area (Å²) >= 11 is 3.66. The van der Waals surface area contributed by atoms with Gasteiger partial charge >= 0.3 is 0 Å². The van der Waals surface area contributed by atoms with E-state index < -0.39 is 0 Å². The molecule has 1 unspecified atom stereocenters. The lowest BCUT2D eigenvalue weighted by atomic mass is 9.92. The molecule has 0 bridgehead atoms. The van der Waals surface area contributed by atoms with Crippen molar-refractivity contribution < 1.29 is 4.74 Å². The fourth-order valence-corrected chi connectivity index (χ4v) is 3.07. The highest BCUT2D eigenvalue weighted by Gasteiger charge is 2.16. The Morgan fingerprint density at radius 3 is 2.94 bits per heavy atom. The Labute approximate surface area is 112 Å². The summed E-state index contributed by atoms with van der Waals surface area (Å²) in [6.45, 7) is 4.44. The van der Waals surface area contributed by atoms with Crippen molar-refractivity contribution in [3.63, 3.8) is 0 Å². The minimum Gasteiger partial charge on any atom is -0.496 e. The van der Waals surface area contributed by atoms with Crippen LogP contribution in [-0.4, -0.2) is 20.2 Å². The van der Waals surface area contributed by atoms with E-state index in [9.17, 15) is 0 Å². The van der Waals surface area contributed by atoms with Gasteiger partial charge in [0, 0.05) is 0 Å². The Bertz CT molecular complexity index is 386. The first-order valence-electron chi connectivity index (χ1n) is 6.24. The summed E-state index contributed by atoms with van der Waals surface area (Å²) in [5, 5.41) is 3.47. The maximum Gasteiger partial charge on any atom is 0.133 e. The lowest BCUT2D eigenvalue weighted by molar-refractivity contribution is 0.373. The molecule has 1 fully saturated rings. The summed E-state index contributed by atoms with van der Waals surface area (Å²) in [5.41, 5.74) is 2.64. The van der Waals surface area contributed by atoms with Crippen LogP contribution in [0.1, 0.15) is 24.0 Å². The monoisotopic (exact) mass is 297 g/mol. The second-order valence-corrected chi connectivity index (χ2v) is 5.65. The topological polar surface area (TPSA) is 21.3 Å². The number of rotatable bonds is 3. The highest BCUT2D eigenvalue weighted by atomic mass is 79.9. The average Bonchev–Trinajstić information content (AvgIpc) is 2.34. The van der Waals surface area contributed by atoms with Crippen LogP contribution in [0.3, 0.4) is 0 Å². The standard InChI is InChI=1S/C14H20BrNO/c1-10-6-12(14(15)13(7-10)17-2)8-11-4-3-5-16-9-11/h6-7,11,16H,3-5,8-9H2,1-2H3. The Morgan fingerprint density at radius 2 is 2.29 bits per heavy atom. The summed E-state index contributed by atoms with van der Waals surface area (Å²) in [7, 11) is 1.73. The number of hydrogen-bond donors (Lipinski definition) is 1. The predicted molar refractivity (Wildman–Crippen MR) is 74.7 cm³/mol. The number of hydrogen-bond acceptors (Lipinski definition) is 2. The molecule has 1 aromatic rings. The zero-order chi connectivity index (χ0) is 12.3. The molecule has 2 nitrogen and oxygen atoms in total. The van der Waals surface area contributed by atoms with Crippen molar-refractivity contribution in [3.8, 4) is 5.75 Å². The van der Waals surface area contributed by atoms with Crippen molar-refractivity contribution in [1.29, 1.82) is 0 Å². The van der Waals surface area contributed by atoms with Gasteiger partial charge < -0.3 is 10.1 Å². The second-order valence-electron chi connectivity index (χ2n) is 4.86. The fraction of sp³-hybridized carbons (Fsp3) is 0.571. The largest absolute Gasteiger partial charge is 0.496 e. The first-order chi connectivity index (χ1) is 8.20. The van der Waals surface area contributed by atoms with Crippen LogP contribution < -0.4 is 10.1 Å². The number of benzene rings is 1. The molecule has 0 aromatic heterocycles. The first-order valence-corrected chi connectivity index (χ1v) is 7.03. The number of halogens is 1. The number of methoxy groups -OCH3 is 1. The summed E-state index contributed by atoms with van der Waals surface area (Å²) in [6.07, 6.45) is 3.76. The van der Waals surface area contributed by atoms with Crippen molar-refractivity contribution in [2.75, 3.05) is 20.2 Å². The molecular weight excluding hydrogens is 278 g/mol. The van der Waals surface area contributed by atoms with E-state index in [1.165, 1.54) is 30.5 Å². The normalized spacial score (nSPS) is 20.3. The quantitative estimate of drug-likeness (QED) is 0.924. The number of piperidine rings is 1. The van der Waals surface area contributed by atoms with Gasteiger partial charge in [0.05, 0.1) is 11.6 Å². The van der Waals surface area contributed by atoms with Gasteiger partial charge in [-0.25, -0.2) is 0 Å². The molecule has 17 heavy (non-hydrogen) atoms. The summed E-state index contributed by atoms with van der Waals surface area (Å²) in [5.74, 6) is 1.70. The van der Waals surface area contributed by atoms with Crippen molar-refractivity contribution in [2.45, 2.75) is 26.2 Å². The van der Waals surface area contributed by atoms with Crippen molar-refractivity contribution in [2.24, 2.45) is 5.92 Å². The Morgan fingerprint density at radius 1 is 1.47 bits per heavy atom. The summed E-state index contributed by atoms with van der Waals surface area (Å²) < 4.78 is 6.51. The molecule has 1 aliphatic rings. The van der Waals surface area contributed by atoms with Crippen LogP contribution in [0, 0.1) is 12.8 Å². The number of ether oxygens (including phenoxy) is 1. The lowest BCUT2D eigenvalue weighted by Crippen LogP contribution is -2.30. The second kappa shape index (κ2) is 5.87. The molecule has 1 heterocycles. The minimum atomic E-state index is 0.756. The van der Waals surface area contributed by atoms with Crippen molar-refractivity contribution in [1.82, 2.24) is 5.32 Å². The molecule has 94 valence electrons. The number of nitrogens with one attached hydrogen (secondary N) is 1. The van der Waals surface area contributed by atoms with E-state index in [-0.39, 0.29) is 0 Å². The van der Waals surface area contributed by atoms with Crippen molar-refractivity contribution >= 4 is 15.9 Å². The number of aryl methyl sites for hydroxylation is 1. The van der Waals surface area contributed by atoms with Gasteiger partial charge in [-0.15, -0.1) is 0 Å². The van der Waals surface area contributed by atoms with Gasteiger partial charge in [0.25, 0.3) is 0 Å². The fourth-order valence-electron chi connectivity index (χ4n) is 2.51. The Balaban J connectivity index is 2.16. The molecule has 1 atom stereocenters. The summed E-state index contributed by atoms with van der Waals surface area (Å²) in [6, 6.07) is 4.34. The maximum absolute atomic E-state index is 5.39. The van der Waals surface area contributed by atoms with E-state index in [0.29, 0.717) is 0 Å². The van der Waals surface area contributed by atoms with Crippen LogP contribution in [0.2, 0.25) is 0 Å². The third-order valence-electron chi connectivity index (χ3n) is 3.39. The highest BCUT2D eigenvalue weighted by Crippen LogP contribution is 2.32. The molecular formula is C14H20BrNO. The molecule has 1 aliphatic heterocycles. The van der Waals surface area contributed by atoms with Gasteiger partial charge in [0.15, 0.2) is 0 Å². The molecule has 0 amide bonds. The molecule has 0 saturated carbocycles. The Kier molecular flexibility index (Phi) is 4.46. The minimum absolute atomic E-state index is 0.756. The van der Waals surface area contributed by atoms with Crippen LogP contribution in [0.15, 0.2) is 16.6 Å². The predicted octanol–water partition coefficient (Wildman–Crippen LogP) is 3.31. The van der Waals surface area contributed by atoms with E-state index in [1.54, 1.807) is 7.11 Å². The van der Waals surface area contributed by atoms with E-state index in [0.717, 1.165) is 29.1 Å². The van der Waals surface area contributed by atoms with E-state index in [2.05, 4.69) is 40.3 Å². The molecule has 1 aromatic carbocycles. The van der Waals surface area contributed by atoms with Crippen LogP contribution in [-0.2, 0) is 6.42 Å². The third kappa shape index (κ3) is 3.23. The van der Waals surface area contributed by atoms with Crippen LogP contribution >= 0.6 is 15.9 Å². The molecule has 1 N–H and O–H groups in total. The van der Waals surface area contributed by atoms with Gasteiger partial charge in [0.2, 0.25) is 0 Å². The third-order valence-corrected chi connectivity index (χ3v) is 4.29. The molecule has 0 radical (unpaired) electrons.